The SMILES string of the molecule is O=C(CO)Nc1ccc(CCN2CCOCC2)cc1. The molecule has 1 aromatic rings. The fraction of sp³-hybridized carbons (Fsp3) is 0.500. The normalized spacial score (nSPS) is 16.3. The fourth-order valence-electron chi connectivity index (χ4n) is 2.07. The molecule has 2 rings (SSSR count). The number of aliphatic hydroxyl groups is 1. The first-order valence-electron chi connectivity index (χ1n) is 6.57. The zero-order valence-electron chi connectivity index (χ0n) is 11.0. The van der Waals surface area contributed by atoms with E-state index in [-0.39, 0.29) is 5.91 Å². The third-order valence-corrected chi connectivity index (χ3v) is 3.20. The van der Waals surface area contributed by atoms with Crippen LogP contribution in [0.25, 0.3) is 0 Å². The summed E-state index contributed by atoms with van der Waals surface area (Å²) in [5.41, 5.74) is 1.96. The van der Waals surface area contributed by atoms with Gasteiger partial charge < -0.3 is 15.2 Å². The Morgan fingerprint density at radius 2 is 1.95 bits per heavy atom. The average molecular weight is 264 g/mol. The number of amides is 1. The number of aliphatic hydroxyl groups excluding tert-OH is 1. The summed E-state index contributed by atoms with van der Waals surface area (Å²) in [5, 5.41) is 11.3. The van der Waals surface area contributed by atoms with E-state index in [0.717, 1.165) is 39.3 Å². The smallest absolute Gasteiger partial charge is 0.250 e. The molecule has 1 amide bonds. The topological polar surface area (TPSA) is 61.8 Å². The Kier molecular flexibility index (Phi) is 5.32. The standard InChI is InChI=1S/C14H20N2O3/c17-11-14(18)15-13-3-1-12(2-4-13)5-6-16-7-9-19-10-8-16/h1-4,17H,5-11H2,(H,15,18). The summed E-state index contributed by atoms with van der Waals surface area (Å²) in [4.78, 5) is 13.4. The van der Waals surface area contributed by atoms with Crippen LogP contribution in [0.5, 0.6) is 0 Å². The average Bonchev–Trinajstić information content (AvgIpc) is 2.47. The Bertz CT molecular complexity index is 400. The molecule has 1 aliphatic heterocycles. The van der Waals surface area contributed by atoms with Crippen molar-refractivity contribution in [2.24, 2.45) is 0 Å². The van der Waals surface area contributed by atoms with Crippen molar-refractivity contribution in [1.29, 1.82) is 0 Å². The van der Waals surface area contributed by atoms with Crippen molar-refractivity contribution in [1.82, 2.24) is 4.90 Å². The van der Waals surface area contributed by atoms with Crippen molar-refractivity contribution < 1.29 is 14.6 Å². The van der Waals surface area contributed by atoms with Crippen molar-refractivity contribution in [2.75, 3.05) is 44.8 Å². The van der Waals surface area contributed by atoms with E-state index in [1.54, 1.807) is 0 Å². The Morgan fingerprint density at radius 3 is 2.58 bits per heavy atom. The van der Waals surface area contributed by atoms with Crippen LogP contribution in [-0.2, 0) is 16.0 Å². The minimum Gasteiger partial charge on any atom is -0.387 e. The highest BCUT2D eigenvalue weighted by atomic mass is 16.5. The molecule has 1 heterocycles. The number of benzene rings is 1. The van der Waals surface area contributed by atoms with Gasteiger partial charge in [0.05, 0.1) is 13.2 Å². The molecule has 104 valence electrons. The maximum absolute atomic E-state index is 11.0. The minimum atomic E-state index is -0.487. The molecule has 1 aliphatic rings. The lowest BCUT2D eigenvalue weighted by Gasteiger charge is -2.26. The van der Waals surface area contributed by atoms with Gasteiger partial charge in [-0.3, -0.25) is 9.69 Å². The lowest BCUT2D eigenvalue weighted by atomic mass is 10.1. The summed E-state index contributed by atoms with van der Waals surface area (Å²) in [5.74, 6) is -0.388. The molecule has 0 unspecified atom stereocenters. The third kappa shape index (κ3) is 4.63. The molecule has 1 saturated heterocycles. The van der Waals surface area contributed by atoms with Crippen molar-refractivity contribution in [3.63, 3.8) is 0 Å². The number of nitrogens with one attached hydrogen (secondary N) is 1. The number of rotatable bonds is 5. The Labute approximate surface area is 113 Å². The fourth-order valence-corrected chi connectivity index (χ4v) is 2.07. The quantitative estimate of drug-likeness (QED) is 0.812. The molecule has 0 atom stereocenters. The van der Waals surface area contributed by atoms with Gasteiger partial charge in [0.1, 0.15) is 6.61 Å². The lowest BCUT2D eigenvalue weighted by Crippen LogP contribution is -2.37. The maximum atomic E-state index is 11.0. The van der Waals surface area contributed by atoms with Gasteiger partial charge in [-0.2, -0.15) is 0 Å². The molecular formula is C14H20N2O3. The van der Waals surface area contributed by atoms with Gasteiger partial charge in [0, 0.05) is 25.3 Å². The van der Waals surface area contributed by atoms with Gasteiger partial charge in [0.25, 0.3) is 0 Å². The lowest BCUT2D eigenvalue weighted by molar-refractivity contribution is -0.118. The van der Waals surface area contributed by atoms with Crippen molar-refractivity contribution in [3.8, 4) is 0 Å². The second kappa shape index (κ2) is 7.23. The highest BCUT2D eigenvalue weighted by molar-refractivity contribution is 5.91. The highest BCUT2D eigenvalue weighted by Gasteiger charge is 2.09. The van der Waals surface area contributed by atoms with Crippen LogP contribution in [0.15, 0.2) is 24.3 Å². The summed E-state index contributed by atoms with van der Waals surface area (Å²) < 4.78 is 5.31. The van der Waals surface area contributed by atoms with Crippen LogP contribution in [0.3, 0.4) is 0 Å². The highest BCUT2D eigenvalue weighted by Crippen LogP contribution is 2.10. The summed E-state index contributed by atoms with van der Waals surface area (Å²) in [6.07, 6.45) is 0.994. The van der Waals surface area contributed by atoms with E-state index in [2.05, 4.69) is 10.2 Å². The molecule has 1 aromatic carbocycles. The van der Waals surface area contributed by atoms with Gasteiger partial charge in [-0.15, -0.1) is 0 Å². The van der Waals surface area contributed by atoms with E-state index in [4.69, 9.17) is 9.84 Å². The molecule has 19 heavy (non-hydrogen) atoms. The number of ether oxygens (including phenoxy) is 1. The van der Waals surface area contributed by atoms with Gasteiger partial charge >= 0.3 is 0 Å². The molecule has 2 N–H and O–H groups in total. The second-order valence-corrected chi connectivity index (χ2v) is 4.61. The summed E-state index contributed by atoms with van der Waals surface area (Å²) in [7, 11) is 0. The van der Waals surface area contributed by atoms with E-state index < -0.39 is 6.61 Å². The predicted molar refractivity (Wildman–Crippen MR) is 73.1 cm³/mol. The molecule has 0 aliphatic carbocycles. The Morgan fingerprint density at radius 1 is 1.26 bits per heavy atom. The zero-order chi connectivity index (χ0) is 13.5. The molecule has 1 fully saturated rings. The van der Waals surface area contributed by atoms with Crippen LogP contribution in [-0.4, -0.2) is 55.4 Å². The molecule has 0 bridgehead atoms. The predicted octanol–water partition coefficient (Wildman–Crippen LogP) is 0.492. The van der Waals surface area contributed by atoms with Gasteiger partial charge in [-0.1, -0.05) is 12.1 Å². The number of carbonyl (C=O) groups is 1. The largest absolute Gasteiger partial charge is 0.387 e. The van der Waals surface area contributed by atoms with Crippen LogP contribution >= 0.6 is 0 Å². The Hall–Kier alpha value is -1.43. The molecule has 5 nitrogen and oxygen atoms in total. The first kappa shape index (κ1) is 14.0. The zero-order valence-corrected chi connectivity index (χ0v) is 11.0. The van der Waals surface area contributed by atoms with Gasteiger partial charge in [-0.05, 0) is 24.1 Å². The number of anilines is 1. The van der Waals surface area contributed by atoms with Gasteiger partial charge in [0.2, 0.25) is 5.91 Å². The number of hydrogen-bond acceptors (Lipinski definition) is 4. The molecule has 5 heteroatoms. The monoisotopic (exact) mass is 264 g/mol. The summed E-state index contributed by atoms with van der Waals surface area (Å²) >= 11 is 0. The first-order chi connectivity index (χ1) is 9.28. The van der Waals surface area contributed by atoms with E-state index in [0.29, 0.717) is 5.69 Å². The van der Waals surface area contributed by atoms with Gasteiger partial charge in [0.15, 0.2) is 0 Å². The second-order valence-electron chi connectivity index (χ2n) is 4.61. The molecule has 0 aromatic heterocycles. The summed E-state index contributed by atoms with van der Waals surface area (Å²) in [6.45, 7) is 4.21. The minimum absolute atomic E-state index is 0.388. The van der Waals surface area contributed by atoms with E-state index in [1.807, 2.05) is 24.3 Å². The van der Waals surface area contributed by atoms with E-state index >= 15 is 0 Å². The number of hydrogen-bond donors (Lipinski definition) is 2. The first-order valence-corrected chi connectivity index (χ1v) is 6.57. The van der Waals surface area contributed by atoms with Gasteiger partial charge in [-0.25, -0.2) is 0 Å². The molecular weight excluding hydrogens is 244 g/mol. The van der Waals surface area contributed by atoms with Crippen molar-refractivity contribution >= 4 is 11.6 Å². The van der Waals surface area contributed by atoms with Crippen LogP contribution in [0.4, 0.5) is 5.69 Å². The summed E-state index contributed by atoms with van der Waals surface area (Å²) in [6, 6.07) is 7.74. The number of nitrogens with zero attached hydrogens (tertiary/aromatic N) is 1. The van der Waals surface area contributed by atoms with E-state index in [9.17, 15) is 4.79 Å². The Balaban J connectivity index is 1.79. The van der Waals surface area contributed by atoms with E-state index in [1.165, 1.54) is 5.56 Å². The number of carbonyl (C=O) groups excluding carboxylic acids is 1. The molecule has 0 saturated carbocycles. The van der Waals surface area contributed by atoms with Crippen LogP contribution in [0, 0.1) is 0 Å². The maximum Gasteiger partial charge on any atom is 0.250 e. The number of morpholine rings is 1. The van der Waals surface area contributed by atoms with Crippen molar-refractivity contribution in [2.45, 2.75) is 6.42 Å². The third-order valence-electron chi connectivity index (χ3n) is 3.20. The van der Waals surface area contributed by atoms with Crippen LogP contribution in [0.2, 0.25) is 0 Å². The van der Waals surface area contributed by atoms with Crippen LogP contribution < -0.4 is 5.32 Å². The van der Waals surface area contributed by atoms with Crippen molar-refractivity contribution in [3.05, 3.63) is 29.8 Å². The molecule has 0 spiro atoms. The molecule has 0 radical (unpaired) electrons. The van der Waals surface area contributed by atoms with Crippen LogP contribution in [0.1, 0.15) is 5.56 Å².